The van der Waals surface area contributed by atoms with Gasteiger partial charge >= 0.3 is 0 Å². The summed E-state index contributed by atoms with van der Waals surface area (Å²) in [5.74, 6) is 0.894. The lowest BCUT2D eigenvalue weighted by Crippen LogP contribution is -2.00. The first-order valence-electron chi connectivity index (χ1n) is 21.3. The van der Waals surface area contributed by atoms with Crippen molar-refractivity contribution in [3.8, 4) is 56.1 Å². The molecule has 0 unspecified atom stereocenters. The number of thiophene rings is 1. The fourth-order valence-electron chi connectivity index (χ4n) is 9.64. The second-order valence-corrected chi connectivity index (χ2v) is 17.2. The van der Waals surface area contributed by atoms with Crippen LogP contribution < -0.4 is 0 Å². The second kappa shape index (κ2) is 14.2. The molecule has 0 saturated heterocycles. The van der Waals surface area contributed by atoms with Gasteiger partial charge in [-0.3, -0.25) is 9.55 Å². The minimum atomic E-state index is 0.894. The van der Waals surface area contributed by atoms with Gasteiger partial charge in [-0.05, 0) is 101 Å². The predicted molar refractivity (Wildman–Crippen MR) is 265 cm³/mol. The molecule has 0 bridgehead atoms. The lowest BCUT2D eigenvalue weighted by atomic mass is 10.0. The van der Waals surface area contributed by atoms with Crippen molar-refractivity contribution in [2.75, 3.05) is 0 Å². The van der Waals surface area contributed by atoms with Crippen molar-refractivity contribution in [3.63, 3.8) is 0 Å². The molecule has 63 heavy (non-hydrogen) atoms. The molecule has 5 heterocycles. The van der Waals surface area contributed by atoms with E-state index >= 15 is 0 Å². The van der Waals surface area contributed by atoms with Gasteiger partial charge in [0.25, 0.3) is 0 Å². The molecule has 0 aliphatic carbocycles. The summed E-state index contributed by atoms with van der Waals surface area (Å²) in [7, 11) is 0. The van der Waals surface area contributed by atoms with Gasteiger partial charge in [0.1, 0.15) is 5.82 Å². The van der Waals surface area contributed by atoms with Gasteiger partial charge in [-0.1, -0.05) is 140 Å². The number of benzene rings is 8. The van der Waals surface area contributed by atoms with Gasteiger partial charge in [0.05, 0.1) is 38.0 Å². The summed E-state index contributed by atoms with van der Waals surface area (Å²) in [5.41, 5.74) is 15.9. The van der Waals surface area contributed by atoms with Crippen molar-refractivity contribution in [2.24, 2.45) is 0 Å². The van der Waals surface area contributed by atoms with Crippen LogP contribution in [-0.2, 0) is 0 Å². The SMILES string of the molecule is c1ccc(-c2cc(-c3ccccc3)nc(-n3c4ccccc4c4cc(-c5ccc6c(c5)c5ccccc5n6-c5ccc(-c6ccnc7c6sc6ccccc67)cc5)ccc43)c2)cc1. The molecule has 4 nitrogen and oxygen atoms in total. The molecule has 0 amide bonds. The summed E-state index contributed by atoms with van der Waals surface area (Å²) in [5, 5.41) is 6.07. The Balaban J connectivity index is 0.925. The standard InChI is InChI=1S/C58H36N4S/c1-3-13-37(14-4-1)42-35-50(39-15-5-2-6-16-39)60-56(36-42)62-52-21-11-8-18-46(52)49-34-41(26-30-54(49)62)40-25-29-53-48(33-40)45-17-7-10-20-51(45)61(53)43-27-23-38(24-28-43)44-31-32-59-57-47-19-9-12-22-55(47)63-58(44)57/h1-36H. The number of rotatable bonds is 6. The van der Waals surface area contributed by atoms with E-state index in [4.69, 9.17) is 9.97 Å². The highest BCUT2D eigenvalue weighted by atomic mass is 32.1. The van der Waals surface area contributed by atoms with Gasteiger partial charge in [0.2, 0.25) is 0 Å². The van der Waals surface area contributed by atoms with Crippen molar-refractivity contribution in [1.29, 1.82) is 0 Å². The first-order valence-corrected chi connectivity index (χ1v) is 22.1. The Kier molecular flexibility index (Phi) is 8.05. The number of nitrogens with zero attached hydrogens (tertiary/aromatic N) is 4. The molecule has 0 atom stereocenters. The summed E-state index contributed by atoms with van der Waals surface area (Å²) in [6.45, 7) is 0. The molecular weight excluding hydrogens is 785 g/mol. The quantitative estimate of drug-likeness (QED) is 0.167. The van der Waals surface area contributed by atoms with E-state index < -0.39 is 0 Å². The van der Waals surface area contributed by atoms with Crippen molar-refractivity contribution >= 4 is 75.3 Å². The van der Waals surface area contributed by atoms with Crippen LogP contribution in [0.4, 0.5) is 0 Å². The highest BCUT2D eigenvalue weighted by Crippen LogP contribution is 2.41. The molecule has 13 rings (SSSR count). The van der Waals surface area contributed by atoms with Crippen LogP contribution in [0.25, 0.3) is 120 Å². The van der Waals surface area contributed by atoms with E-state index in [1.807, 2.05) is 17.5 Å². The summed E-state index contributed by atoms with van der Waals surface area (Å²) >= 11 is 1.82. The summed E-state index contributed by atoms with van der Waals surface area (Å²) in [6.07, 6.45) is 1.94. The Labute approximate surface area is 367 Å². The third kappa shape index (κ3) is 5.74. The normalized spacial score (nSPS) is 11.8. The fraction of sp³-hybridized carbons (Fsp3) is 0. The van der Waals surface area contributed by atoms with Crippen molar-refractivity contribution in [1.82, 2.24) is 19.1 Å². The Hall–Kier alpha value is -8.12. The van der Waals surface area contributed by atoms with Crippen molar-refractivity contribution < 1.29 is 0 Å². The van der Waals surface area contributed by atoms with Crippen molar-refractivity contribution in [2.45, 2.75) is 0 Å². The number of hydrogen-bond acceptors (Lipinski definition) is 3. The number of fused-ring (bicyclic) bond motifs is 9. The number of aromatic nitrogens is 4. The van der Waals surface area contributed by atoms with E-state index in [-0.39, 0.29) is 0 Å². The van der Waals surface area contributed by atoms with Gasteiger partial charge in [-0.25, -0.2) is 4.98 Å². The summed E-state index contributed by atoms with van der Waals surface area (Å²) in [4.78, 5) is 10.1. The van der Waals surface area contributed by atoms with Crippen molar-refractivity contribution in [3.05, 3.63) is 219 Å². The Bertz CT molecular complexity index is 3840. The third-order valence-corrected chi connectivity index (χ3v) is 13.8. The van der Waals surface area contributed by atoms with E-state index in [0.717, 1.165) is 50.4 Å². The van der Waals surface area contributed by atoms with Crippen LogP contribution in [-0.4, -0.2) is 19.1 Å². The molecule has 5 heteroatoms. The zero-order valence-electron chi connectivity index (χ0n) is 34.0. The third-order valence-electron chi connectivity index (χ3n) is 12.6. The smallest absolute Gasteiger partial charge is 0.138 e. The molecule has 13 aromatic rings. The highest BCUT2D eigenvalue weighted by molar-refractivity contribution is 7.26. The van der Waals surface area contributed by atoms with Gasteiger partial charge in [0, 0.05) is 54.6 Å². The molecule has 0 spiro atoms. The minimum absolute atomic E-state index is 0.894. The maximum Gasteiger partial charge on any atom is 0.138 e. The molecule has 0 fully saturated rings. The predicted octanol–water partition coefficient (Wildman–Crippen LogP) is 15.7. The van der Waals surface area contributed by atoms with Gasteiger partial charge in [0.15, 0.2) is 0 Å². The summed E-state index contributed by atoms with van der Waals surface area (Å²) in [6, 6.07) is 76.5. The molecule has 0 aliphatic rings. The minimum Gasteiger partial charge on any atom is -0.309 e. The van der Waals surface area contributed by atoms with Crippen LogP contribution >= 0.6 is 11.3 Å². The average Bonchev–Trinajstić information content (AvgIpc) is 4.02. The van der Waals surface area contributed by atoms with E-state index in [1.54, 1.807) is 0 Å². The van der Waals surface area contributed by atoms with Crippen LogP contribution in [0, 0.1) is 0 Å². The number of para-hydroxylation sites is 2. The van der Waals surface area contributed by atoms with E-state index in [2.05, 4.69) is 221 Å². The number of pyridine rings is 2. The van der Waals surface area contributed by atoms with Crippen LogP contribution in [0.1, 0.15) is 0 Å². The van der Waals surface area contributed by atoms with Gasteiger partial charge in [-0.15, -0.1) is 11.3 Å². The molecule has 0 radical (unpaired) electrons. The van der Waals surface area contributed by atoms with Crippen LogP contribution in [0.15, 0.2) is 219 Å². The van der Waals surface area contributed by atoms with E-state index in [0.29, 0.717) is 0 Å². The highest BCUT2D eigenvalue weighted by Gasteiger charge is 2.19. The molecule has 0 aliphatic heterocycles. The van der Waals surface area contributed by atoms with E-state index in [9.17, 15) is 0 Å². The maximum absolute atomic E-state index is 5.34. The molecule has 0 saturated carbocycles. The van der Waals surface area contributed by atoms with Gasteiger partial charge < -0.3 is 4.57 Å². The zero-order valence-corrected chi connectivity index (χ0v) is 34.8. The summed E-state index contributed by atoms with van der Waals surface area (Å²) < 4.78 is 7.22. The largest absolute Gasteiger partial charge is 0.309 e. The topological polar surface area (TPSA) is 35.6 Å². The van der Waals surface area contributed by atoms with Crippen LogP contribution in [0.5, 0.6) is 0 Å². The fourth-order valence-corrected chi connectivity index (χ4v) is 10.8. The molecule has 0 N–H and O–H groups in total. The second-order valence-electron chi connectivity index (χ2n) is 16.2. The van der Waals surface area contributed by atoms with Gasteiger partial charge in [-0.2, -0.15) is 0 Å². The van der Waals surface area contributed by atoms with E-state index in [1.165, 1.54) is 69.6 Å². The maximum atomic E-state index is 5.34. The lowest BCUT2D eigenvalue weighted by molar-refractivity contribution is 1.08. The Morgan fingerprint density at radius 2 is 0.921 bits per heavy atom. The zero-order chi connectivity index (χ0) is 41.4. The first kappa shape index (κ1) is 35.6. The van der Waals surface area contributed by atoms with Crippen LogP contribution in [0.2, 0.25) is 0 Å². The monoisotopic (exact) mass is 820 g/mol. The molecular formula is C58H36N4S. The Morgan fingerprint density at radius 3 is 1.62 bits per heavy atom. The van der Waals surface area contributed by atoms with Crippen LogP contribution in [0.3, 0.4) is 0 Å². The molecule has 294 valence electrons. The lowest BCUT2D eigenvalue weighted by Gasteiger charge is -2.13. The average molecular weight is 821 g/mol. The molecule has 5 aromatic heterocycles. The first-order chi connectivity index (χ1) is 31.2. The number of hydrogen-bond donors (Lipinski definition) is 0. The molecule has 8 aromatic carbocycles. The Morgan fingerprint density at radius 1 is 0.365 bits per heavy atom.